The van der Waals surface area contributed by atoms with E-state index in [1.807, 2.05) is 42.5 Å². The summed E-state index contributed by atoms with van der Waals surface area (Å²) >= 11 is 0. The zero-order chi connectivity index (χ0) is 17.9. The molecular weight excluding hydrogens is 316 g/mol. The first-order valence-electron chi connectivity index (χ1n) is 8.42. The summed E-state index contributed by atoms with van der Waals surface area (Å²) in [5, 5.41) is 10.5. The fourth-order valence-corrected chi connectivity index (χ4v) is 3.37. The molecule has 0 radical (unpaired) electrons. The van der Waals surface area contributed by atoms with Crippen LogP contribution in [0.25, 0.3) is 11.1 Å². The Hall–Kier alpha value is -2.66. The van der Waals surface area contributed by atoms with E-state index < -0.39 is 11.5 Å². The molecule has 0 bridgehead atoms. The molecule has 2 aromatic rings. The molecule has 0 aromatic heterocycles. The van der Waals surface area contributed by atoms with Crippen LogP contribution in [0.2, 0.25) is 0 Å². The molecule has 2 amide bonds. The lowest BCUT2D eigenvalue weighted by Gasteiger charge is -2.38. The maximum Gasteiger partial charge on any atom is 0.253 e. The Labute approximate surface area is 147 Å². The molecule has 5 nitrogen and oxygen atoms in total. The van der Waals surface area contributed by atoms with Gasteiger partial charge in [-0.15, -0.1) is 0 Å². The molecule has 3 N–H and O–H groups in total. The fourth-order valence-electron chi connectivity index (χ4n) is 3.37. The molecule has 3 rings (SSSR count). The molecule has 0 spiro atoms. The van der Waals surface area contributed by atoms with Gasteiger partial charge in [0.25, 0.3) is 5.91 Å². The van der Waals surface area contributed by atoms with Crippen molar-refractivity contribution < 1.29 is 14.7 Å². The summed E-state index contributed by atoms with van der Waals surface area (Å²) in [6.07, 6.45) is 1.01. The number of carbonyl (C=O) groups excluding carboxylic acids is 2. The number of rotatable bonds is 4. The van der Waals surface area contributed by atoms with Crippen molar-refractivity contribution in [3.8, 4) is 11.1 Å². The van der Waals surface area contributed by atoms with Gasteiger partial charge in [0.15, 0.2) is 0 Å². The Morgan fingerprint density at radius 1 is 1.04 bits per heavy atom. The molecule has 1 aliphatic rings. The summed E-state index contributed by atoms with van der Waals surface area (Å²) < 4.78 is 0. The van der Waals surface area contributed by atoms with Crippen molar-refractivity contribution in [3.63, 3.8) is 0 Å². The number of benzene rings is 2. The standard InChI is InChI=1S/C20H22N2O3/c21-18(23)13-20(25)11-4-12-22(14-20)19(24)17-9-7-16(8-10-17)15-5-2-1-3-6-15/h1-3,5-10,25H,4,11-14H2,(H2,21,23). The van der Waals surface area contributed by atoms with Crippen molar-refractivity contribution in [1.82, 2.24) is 4.90 Å². The second kappa shape index (κ2) is 7.07. The highest BCUT2D eigenvalue weighted by Crippen LogP contribution is 2.26. The van der Waals surface area contributed by atoms with Crippen molar-refractivity contribution >= 4 is 11.8 Å². The lowest BCUT2D eigenvalue weighted by atomic mass is 9.89. The fraction of sp³-hybridized carbons (Fsp3) is 0.300. The number of primary amides is 1. The predicted octanol–water partition coefficient (Wildman–Crippen LogP) is 2.20. The van der Waals surface area contributed by atoms with Gasteiger partial charge in [-0.2, -0.15) is 0 Å². The smallest absolute Gasteiger partial charge is 0.253 e. The molecule has 130 valence electrons. The zero-order valence-corrected chi connectivity index (χ0v) is 14.0. The van der Waals surface area contributed by atoms with E-state index in [1.165, 1.54) is 0 Å². The van der Waals surface area contributed by atoms with Gasteiger partial charge in [0, 0.05) is 12.1 Å². The molecule has 1 saturated heterocycles. The van der Waals surface area contributed by atoms with E-state index in [-0.39, 0.29) is 18.9 Å². The minimum absolute atomic E-state index is 0.121. The number of likely N-dealkylation sites (tertiary alicyclic amines) is 1. The van der Waals surface area contributed by atoms with Crippen molar-refractivity contribution in [2.45, 2.75) is 24.9 Å². The number of carbonyl (C=O) groups is 2. The van der Waals surface area contributed by atoms with Crippen LogP contribution in [0, 0.1) is 0 Å². The molecule has 1 atom stereocenters. The van der Waals surface area contributed by atoms with Crippen molar-refractivity contribution in [2.75, 3.05) is 13.1 Å². The maximum absolute atomic E-state index is 12.7. The monoisotopic (exact) mass is 338 g/mol. The largest absolute Gasteiger partial charge is 0.388 e. The van der Waals surface area contributed by atoms with Crippen LogP contribution in [0.5, 0.6) is 0 Å². The van der Waals surface area contributed by atoms with Crippen molar-refractivity contribution in [1.29, 1.82) is 0 Å². The average molecular weight is 338 g/mol. The van der Waals surface area contributed by atoms with E-state index in [9.17, 15) is 14.7 Å². The highest BCUT2D eigenvalue weighted by Gasteiger charge is 2.36. The number of amides is 2. The summed E-state index contributed by atoms with van der Waals surface area (Å²) in [5.41, 5.74) is 6.70. The highest BCUT2D eigenvalue weighted by molar-refractivity contribution is 5.95. The van der Waals surface area contributed by atoms with Gasteiger partial charge < -0.3 is 15.7 Å². The topological polar surface area (TPSA) is 83.6 Å². The Kier molecular flexibility index (Phi) is 4.86. The van der Waals surface area contributed by atoms with Crippen LogP contribution < -0.4 is 5.73 Å². The van der Waals surface area contributed by atoms with E-state index in [0.29, 0.717) is 24.9 Å². The predicted molar refractivity (Wildman–Crippen MR) is 95.8 cm³/mol. The summed E-state index contributed by atoms with van der Waals surface area (Å²) in [7, 11) is 0. The first-order valence-corrected chi connectivity index (χ1v) is 8.42. The third-order valence-corrected chi connectivity index (χ3v) is 4.58. The minimum Gasteiger partial charge on any atom is -0.388 e. The molecule has 25 heavy (non-hydrogen) atoms. The summed E-state index contributed by atoms with van der Waals surface area (Å²) in [6, 6.07) is 17.4. The molecule has 1 aliphatic heterocycles. The Morgan fingerprint density at radius 2 is 1.68 bits per heavy atom. The third kappa shape index (κ3) is 4.06. The maximum atomic E-state index is 12.7. The number of nitrogens with two attached hydrogens (primary N) is 1. The van der Waals surface area contributed by atoms with E-state index >= 15 is 0 Å². The van der Waals surface area contributed by atoms with Crippen LogP contribution in [-0.2, 0) is 4.79 Å². The number of hydrogen-bond acceptors (Lipinski definition) is 3. The SMILES string of the molecule is NC(=O)CC1(O)CCCN(C(=O)c2ccc(-c3ccccc3)cc2)C1. The molecular formula is C20H22N2O3. The first-order chi connectivity index (χ1) is 12.0. The summed E-state index contributed by atoms with van der Waals surface area (Å²) in [4.78, 5) is 25.5. The van der Waals surface area contributed by atoms with Gasteiger partial charge in [0.05, 0.1) is 18.6 Å². The Bertz CT molecular complexity index is 758. The number of aliphatic hydroxyl groups is 1. The van der Waals surface area contributed by atoms with Crippen LogP contribution in [0.3, 0.4) is 0 Å². The quantitative estimate of drug-likeness (QED) is 0.896. The summed E-state index contributed by atoms with van der Waals surface area (Å²) in [5.74, 6) is -0.689. The van der Waals surface area contributed by atoms with E-state index in [4.69, 9.17) is 5.73 Å². The van der Waals surface area contributed by atoms with Gasteiger partial charge in [-0.3, -0.25) is 9.59 Å². The Balaban J connectivity index is 1.73. The van der Waals surface area contributed by atoms with Gasteiger partial charge in [-0.25, -0.2) is 0 Å². The first kappa shape index (κ1) is 17.2. The third-order valence-electron chi connectivity index (χ3n) is 4.58. The second-order valence-electron chi connectivity index (χ2n) is 6.64. The van der Waals surface area contributed by atoms with Gasteiger partial charge >= 0.3 is 0 Å². The lowest BCUT2D eigenvalue weighted by molar-refractivity contribution is -0.125. The number of nitrogens with zero attached hydrogens (tertiary/aromatic N) is 1. The van der Waals surface area contributed by atoms with Gasteiger partial charge in [-0.1, -0.05) is 42.5 Å². The molecule has 1 heterocycles. The van der Waals surface area contributed by atoms with Gasteiger partial charge in [-0.05, 0) is 36.1 Å². The summed E-state index contributed by atoms with van der Waals surface area (Å²) in [6.45, 7) is 0.704. The van der Waals surface area contributed by atoms with E-state index in [2.05, 4.69) is 0 Å². The molecule has 1 unspecified atom stereocenters. The van der Waals surface area contributed by atoms with E-state index in [1.54, 1.807) is 17.0 Å². The normalized spacial score (nSPS) is 20.3. The average Bonchev–Trinajstić information content (AvgIpc) is 2.61. The molecule has 5 heteroatoms. The lowest BCUT2D eigenvalue weighted by Crippen LogP contribution is -2.51. The second-order valence-corrected chi connectivity index (χ2v) is 6.64. The number of β-amino-alcohol motifs (C(OH)–C–C–N with tert-alkyl or cyclic N) is 1. The highest BCUT2D eigenvalue weighted by atomic mass is 16.3. The van der Waals surface area contributed by atoms with Gasteiger partial charge in [0.1, 0.15) is 0 Å². The van der Waals surface area contributed by atoms with Crippen molar-refractivity contribution in [3.05, 3.63) is 60.2 Å². The van der Waals surface area contributed by atoms with Crippen LogP contribution in [0.1, 0.15) is 29.6 Å². The molecule has 2 aromatic carbocycles. The molecule has 0 aliphatic carbocycles. The van der Waals surface area contributed by atoms with Gasteiger partial charge in [0.2, 0.25) is 5.91 Å². The zero-order valence-electron chi connectivity index (χ0n) is 14.0. The van der Waals surface area contributed by atoms with Crippen LogP contribution >= 0.6 is 0 Å². The van der Waals surface area contributed by atoms with Crippen LogP contribution in [-0.4, -0.2) is 40.5 Å². The van der Waals surface area contributed by atoms with E-state index in [0.717, 1.165) is 11.1 Å². The molecule has 0 saturated carbocycles. The Morgan fingerprint density at radius 3 is 2.32 bits per heavy atom. The minimum atomic E-state index is -1.22. The van der Waals surface area contributed by atoms with Crippen LogP contribution in [0.4, 0.5) is 0 Å². The number of hydrogen-bond donors (Lipinski definition) is 2. The number of piperidine rings is 1. The van der Waals surface area contributed by atoms with Crippen LogP contribution in [0.15, 0.2) is 54.6 Å². The molecule has 1 fully saturated rings. The van der Waals surface area contributed by atoms with Crippen molar-refractivity contribution in [2.24, 2.45) is 5.73 Å².